The second-order valence-corrected chi connectivity index (χ2v) is 8.85. The number of amides is 1. The molecule has 1 N–H and O–H groups in total. The average molecular weight is 522 g/mol. The Kier molecular flexibility index (Phi) is 8.04. The van der Waals surface area contributed by atoms with E-state index in [9.17, 15) is 14.7 Å². The Morgan fingerprint density at radius 2 is 1.65 bits per heavy atom. The Balaban J connectivity index is 1.79. The fourth-order valence-corrected chi connectivity index (χ4v) is 4.60. The smallest absolute Gasteiger partial charge is 0.295 e. The highest BCUT2D eigenvalue weighted by Gasteiger charge is 2.46. The number of rotatable bonds is 9. The van der Waals surface area contributed by atoms with Crippen LogP contribution in [0.4, 0.5) is 0 Å². The standard InChI is InChI=1S/C29H28ClNO6/c1-4-37-22-12-13-24(30)23(17-22)27(32)25-26(19-6-5-7-21(16-19)36-3)31(29(34)28(25)33)15-14-18-8-10-20(35-2)11-9-18/h5-13,16-17,26,32H,4,14-15H2,1-3H3/b27-25+. The number of Topliss-reactive ketones (excluding diaryl/α,β-unsaturated/α-hetero) is 1. The van der Waals surface area contributed by atoms with Gasteiger partial charge in [-0.2, -0.15) is 0 Å². The van der Waals surface area contributed by atoms with E-state index in [4.69, 9.17) is 25.8 Å². The molecule has 192 valence electrons. The van der Waals surface area contributed by atoms with Crippen molar-refractivity contribution in [3.63, 3.8) is 0 Å². The molecule has 1 fully saturated rings. The number of benzene rings is 3. The topological polar surface area (TPSA) is 85.3 Å². The van der Waals surface area contributed by atoms with E-state index < -0.39 is 17.7 Å². The number of nitrogens with zero attached hydrogens (tertiary/aromatic N) is 1. The molecule has 0 spiro atoms. The quantitative estimate of drug-likeness (QED) is 0.230. The van der Waals surface area contributed by atoms with Crippen molar-refractivity contribution in [1.29, 1.82) is 0 Å². The van der Waals surface area contributed by atoms with Crippen LogP contribution < -0.4 is 14.2 Å². The zero-order valence-electron chi connectivity index (χ0n) is 20.9. The van der Waals surface area contributed by atoms with Gasteiger partial charge in [-0.1, -0.05) is 35.9 Å². The molecular weight excluding hydrogens is 494 g/mol. The first-order chi connectivity index (χ1) is 17.9. The van der Waals surface area contributed by atoms with Crippen molar-refractivity contribution in [2.75, 3.05) is 27.4 Å². The van der Waals surface area contributed by atoms with Crippen molar-refractivity contribution < 1.29 is 28.9 Å². The second-order valence-electron chi connectivity index (χ2n) is 8.44. The molecule has 1 amide bonds. The number of aliphatic hydroxyl groups is 1. The fourth-order valence-electron chi connectivity index (χ4n) is 4.40. The van der Waals surface area contributed by atoms with E-state index in [1.165, 1.54) is 4.90 Å². The molecule has 0 radical (unpaired) electrons. The Labute approximate surface area is 220 Å². The number of ether oxygens (including phenoxy) is 3. The zero-order valence-corrected chi connectivity index (χ0v) is 21.6. The molecule has 0 aliphatic carbocycles. The molecule has 0 saturated carbocycles. The maximum absolute atomic E-state index is 13.4. The minimum absolute atomic E-state index is 0.0384. The van der Waals surface area contributed by atoms with E-state index in [1.54, 1.807) is 56.7 Å². The maximum atomic E-state index is 13.4. The SMILES string of the molecule is CCOc1ccc(Cl)c(/C(O)=C2\C(=O)C(=O)N(CCc3ccc(OC)cc3)C2c2cccc(OC)c2)c1. The number of methoxy groups -OCH3 is 2. The van der Waals surface area contributed by atoms with Crippen LogP contribution in [0.15, 0.2) is 72.3 Å². The highest BCUT2D eigenvalue weighted by molar-refractivity contribution is 6.47. The van der Waals surface area contributed by atoms with Gasteiger partial charge in [0.25, 0.3) is 11.7 Å². The third kappa shape index (κ3) is 5.42. The number of hydrogen-bond acceptors (Lipinski definition) is 6. The van der Waals surface area contributed by atoms with Crippen molar-refractivity contribution in [1.82, 2.24) is 4.90 Å². The average Bonchev–Trinajstić information content (AvgIpc) is 3.18. The first-order valence-corrected chi connectivity index (χ1v) is 12.2. The molecule has 37 heavy (non-hydrogen) atoms. The normalized spacial score (nSPS) is 16.6. The summed E-state index contributed by atoms with van der Waals surface area (Å²) in [6.45, 7) is 2.51. The number of carbonyl (C=O) groups is 2. The number of carbonyl (C=O) groups excluding carboxylic acids is 2. The van der Waals surface area contributed by atoms with Crippen molar-refractivity contribution >= 4 is 29.1 Å². The van der Waals surface area contributed by atoms with E-state index in [1.807, 2.05) is 31.2 Å². The van der Waals surface area contributed by atoms with Crippen LogP contribution in [-0.2, 0) is 16.0 Å². The van der Waals surface area contributed by atoms with Gasteiger partial charge in [-0.05, 0) is 66.9 Å². The molecular formula is C29H28ClNO6. The Bertz CT molecular complexity index is 1330. The van der Waals surface area contributed by atoms with Crippen LogP contribution >= 0.6 is 11.6 Å². The van der Waals surface area contributed by atoms with Gasteiger partial charge in [0, 0.05) is 12.1 Å². The number of ketones is 1. The molecule has 7 nitrogen and oxygen atoms in total. The summed E-state index contributed by atoms with van der Waals surface area (Å²) in [6, 6.07) is 18.6. The highest BCUT2D eigenvalue weighted by Crippen LogP contribution is 2.42. The summed E-state index contributed by atoms with van der Waals surface area (Å²) in [4.78, 5) is 28.1. The van der Waals surface area contributed by atoms with Crippen molar-refractivity contribution in [3.8, 4) is 17.2 Å². The molecule has 1 aliphatic heterocycles. The van der Waals surface area contributed by atoms with Gasteiger partial charge in [-0.25, -0.2) is 0 Å². The van der Waals surface area contributed by atoms with Crippen LogP contribution in [0.2, 0.25) is 5.02 Å². The van der Waals surface area contributed by atoms with Gasteiger partial charge in [0.05, 0.1) is 37.5 Å². The molecule has 1 atom stereocenters. The Hall–Kier alpha value is -3.97. The van der Waals surface area contributed by atoms with E-state index in [0.717, 1.165) is 11.3 Å². The molecule has 8 heteroatoms. The van der Waals surface area contributed by atoms with Gasteiger partial charge in [-0.3, -0.25) is 9.59 Å². The molecule has 1 unspecified atom stereocenters. The van der Waals surface area contributed by atoms with Gasteiger partial charge in [0.2, 0.25) is 0 Å². The van der Waals surface area contributed by atoms with Crippen molar-refractivity contribution in [2.24, 2.45) is 0 Å². The van der Waals surface area contributed by atoms with Gasteiger partial charge >= 0.3 is 0 Å². The van der Waals surface area contributed by atoms with E-state index >= 15 is 0 Å². The summed E-state index contributed by atoms with van der Waals surface area (Å²) in [5.74, 6) is -0.0518. The van der Waals surface area contributed by atoms with Crippen molar-refractivity contribution in [2.45, 2.75) is 19.4 Å². The summed E-state index contributed by atoms with van der Waals surface area (Å²) in [7, 11) is 3.14. The van der Waals surface area contributed by atoms with Crippen LogP contribution in [0.3, 0.4) is 0 Å². The number of likely N-dealkylation sites (tertiary alicyclic amines) is 1. The number of halogens is 1. The Morgan fingerprint density at radius 1 is 0.946 bits per heavy atom. The van der Waals surface area contributed by atoms with Crippen LogP contribution in [0, 0.1) is 0 Å². The number of hydrogen-bond donors (Lipinski definition) is 1. The third-order valence-electron chi connectivity index (χ3n) is 6.25. The summed E-state index contributed by atoms with van der Waals surface area (Å²) in [5, 5.41) is 11.6. The predicted molar refractivity (Wildman–Crippen MR) is 141 cm³/mol. The Morgan fingerprint density at radius 3 is 2.32 bits per heavy atom. The maximum Gasteiger partial charge on any atom is 0.295 e. The van der Waals surface area contributed by atoms with E-state index in [-0.39, 0.29) is 28.5 Å². The van der Waals surface area contributed by atoms with Crippen LogP contribution in [-0.4, -0.2) is 49.1 Å². The molecule has 1 saturated heterocycles. The van der Waals surface area contributed by atoms with Crippen molar-refractivity contribution in [3.05, 3.63) is 94.0 Å². The van der Waals surface area contributed by atoms with Crippen LogP contribution in [0.25, 0.3) is 5.76 Å². The first-order valence-electron chi connectivity index (χ1n) is 11.9. The van der Waals surface area contributed by atoms with E-state index in [0.29, 0.717) is 30.1 Å². The summed E-state index contributed by atoms with van der Waals surface area (Å²) < 4.78 is 16.1. The van der Waals surface area contributed by atoms with Crippen LogP contribution in [0.5, 0.6) is 17.2 Å². The van der Waals surface area contributed by atoms with E-state index in [2.05, 4.69) is 0 Å². The molecule has 0 aromatic heterocycles. The molecule has 0 bridgehead atoms. The lowest BCUT2D eigenvalue weighted by atomic mass is 9.95. The molecule has 1 aliphatic rings. The molecule has 3 aromatic carbocycles. The molecule has 1 heterocycles. The summed E-state index contributed by atoms with van der Waals surface area (Å²) in [5.41, 5.74) is 1.78. The highest BCUT2D eigenvalue weighted by atomic mass is 35.5. The lowest BCUT2D eigenvalue weighted by Crippen LogP contribution is -2.31. The molecule has 4 rings (SSSR count). The predicted octanol–water partition coefficient (Wildman–Crippen LogP) is 5.42. The largest absolute Gasteiger partial charge is 0.507 e. The fraction of sp³-hybridized carbons (Fsp3) is 0.241. The van der Waals surface area contributed by atoms with Crippen LogP contribution in [0.1, 0.15) is 29.7 Å². The summed E-state index contributed by atoms with van der Waals surface area (Å²) in [6.07, 6.45) is 0.498. The van der Waals surface area contributed by atoms with Gasteiger partial charge in [-0.15, -0.1) is 0 Å². The zero-order chi connectivity index (χ0) is 26.5. The lowest BCUT2D eigenvalue weighted by Gasteiger charge is -2.26. The molecule has 3 aromatic rings. The minimum atomic E-state index is -0.833. The minimum Gasteiger partial charge on any atom is -0.507 e. The summed E-state index contributed by atoms with van der Waals surface area (Å²) >= 11 is 6.41. The van der Waals surface area contributed by atoms with Gasteiger partial charge in [0.1, 0.15) is 23.0 Å². The van der Waals surface area contributed by atoms with Gasteiger partial charge < -0.3 is 24.2 Å². The second kappa shape index (κ2) is 11.4. The monoisotopic (exact) mass is 521 g/mol. The van der Waals surface area contributed by atoms with Gasteiger partial charge in [0.15, 0.2) is 0 Å². The third-order valence-corrected chi connectivity index (χ3v) is 6.58. The number of aliphatic hydroxyl groups excluding tert-OH is 1. The lowest BCUT2D eigenvalue weighted by molar-refractivity contribution is -0.139. The first kappa shape index (κ1) is 26.1.